The monoisotopic (exact) mass is 286 g/mol. The van der Waals surface area contributed by atoms with Gasteiger partial charge in [-0.25, -0.2) is 0 Å². The van der Waals surface area contributed by atoms with Gasteiger partial charge in [0, 0.05) is 20.1 Å². The predicted molar refractivity (Wildman–Crippen MR) is 89.6 cm³/mol. The Bertz CT molecular complexity index is 449. The largest absolute Gasteiger partial charge is 0.354 e. The maximum absolute atomic E-state index is 4.25. The van der Waals surface area contributed by atoms with Crippen LogP contribution in [0.15, 0.2) is 48.0 Å². The third kappa shape index (κ3) is 4.60. The lowest BCUT2D eigenvalue weighted by molar-refractivity contribution is 0.245. The fourth-order valence-electron chi connectivity index (χ4n) is 2.77. The summed E-state index contributed by atoms with van der Waals surface area (Å²) in [5.74, 6) is 0.829. The average Bonchev–Trinajstić information content (AvgIpc) is 3.06. The van der Waals surface area contributed by atoms with E-state index in [0.717, 1.165) is 19.0 Å². The van der Waals surface area contributed by atoms with E-state index in [1.165, 1.54) is 31.5 Å². The molecule has 0 aliphatic carbocycles. The maximum atomic E-state index is 4.25. The smallest absolute Gasteiger partial charge is 0.191 e. The van der Waals surface area contributed by atoms with E-state index in [2.05, 4.69) is 57.4 Å². The van der Waals surface area contributed by atoms with Crippen LogP contribution < -0.4 is 10.6 Å². The molecule has 0 amide bonds. The number of aliphatic imine (C=N–C) groups is 1. The SMILES string of the molecule is C=CCNC(=NC)NCC(c1ccccc1)N1CCCC1. The van der Waals surface area contributed by atoms with Crippen LogP contribution >= 0.6 is 0 Å². The lowest BCUT2D eigenvalue weighted by Crippen LogP contribution is -2.42. The van der Waals surface area contributed by atoms with Gasteiger partial charge in [0.15, 0.2) is 5.96 Å². The first-order valence-electron chi connectivity index (χ1n) is 7.69. The standard InChI is InChI=1S/C17H26N4/c1-3-11-19-17(18-2)20-14-16(21-12-7-8-13-21)15-9-5-4-6-10-15/h3-6,9-10,16H,1,7-8,11-14H2,2H3,(H2,18,19,20). The quantitative estimate of drug-likeness (QED) is 0.478. The van der Waals surface area contributed by atoms with Crippen molar-refractivity contribution in [3.05, 3.63) is 48.6 Å². The van der Waals surface area contributed by atoms with Gasteiger partial charge < -0.3 is 10.6 Å². The second-order valence-electron chi connectivity index (χ2n) is 5.29. The Labute approximate surface area is 128 Å². The number of nitrogens with zero attached hydrogens (tertiary/aromatic N) is 2. The van der Waals surface area contributed by atoms with Gasteiger partial charge in [0.1, 0.15) is 0 Å². The predicted octanol–water partition coefficient (Wildman–Crippen LogP) is 2.17. The minimum atomic E-state index is 0.399. The molecule has 1 unspecified atom stereocenters. The molecule has 0 aromatic heterocycles. The molecule has 21 heavy (non-hydrogen) atoms. The average molecular weight is 286 g/mol. The van der Waals surface area contributed by atoms with Crippen molar-refractivity contribution < 1.29 is 0 Å². The van der Waals surface area contributed by atoms with Crippen molar-refractivity contribution >= 4 is 5.96 Å². The summed E-state index contributed by atoms with van der Waals surface area (Å²) in [5.41, 5.74) is 1.37. The molecule has 1 aliphatic rings. The summed E-state index contributed by atoms with van der Waals surface area (Å²) in [6, 6.07) is 11.1. The number of guanidine groups is 1. The number of rotatable bonds is 6. The fraction of sp³-hybridized carbons (Fsp3) is 0.471. The molecule has 1 aromatic carbocycles. The van der Waals surface area contributed by atoms with E-state index >= 15 is 0 Å². The summed E-state index contributed by atoms with van der Waals surface area (Å²) in [7, 11) is 1.80. The van der Waals surface area contributed by atoms with Crippen LogP contribution in [0.25, 0.3) is 0 Å². The number of hydrogen-bond donors (Lipinski definition) is 2. The lowest BCUT2D eigenvalue weighted by atomic mass is 10.1. The first-order chi connectivity index (χ1) is 10.3. The Hall–Kier alpha value is -1.81. The summed E-state index contributed by atoms with van der Waals surface area (Å²) < 4.78 is 0. The molecule has 0 saturated carbocycles. The van der Waals surface area contributed by atoms with Crippen LogP contribution in [0, 0.1) is 0 Å². The highest BCUT2D eigenvalue weighted by Gasteiger charge is 2.23. The second-order valence-corrected chi connectivity index (χ2v) is 5.29. The van der Waals surface area contributed by atoms with Crippen molar-refractivity contribution in [3.8, 4) is 0 Å². The summed E-state index contributed by atoms with van der Waals surface area (Å²) in [6.07, 6.45) is 4.43. The van der Waals surface area contributed by atoms with Gasteiger partial charge in [-0.15, -0.1) is 6.58 Å². The Morgan fingerprint density at radius 1 is 1.29 bits per heavy atom. The highest BCUT2D eigenvalue weighted by molar-refractivity contribution is 5.79. The zero-order valence-corrected chi connectivity index (χ0v) is 12.9. The van der Waals surface area contributed by atoms with E-state index in [0.29, 0.717) is 6.04 Å². The Morgan fingerprint density at radius 3 is 2.62 bits per heavy atom. The van der Waals surface area contributed by atoms with Crippen molar-refractivity contribution in [1.29, 1.82) is 0 Å². The van der Waals surface area contributed by atoms with Gasteiger partial charge in [0.25, 0.3) is 0 Å². The minimum Gasteiger partial charge on any atom is -0.354 e. The number of likely N-dealkylation sites (tertiary alicyclic amines) is 1. The van der Waals surface area contributed by atoms with Gasteiger partial charge in [-0.1, -0.05) is 36.4 Å². The van der Waals surface area contributed by atoms with Gasteiger partial charge in [0.2, 0.25) is 0 Å². The fourth-order valence-corrected chi connectivity index (χ4v) is 2.77. The molecule has 114 valence electrons. The summed E-state index contributed by atoms with van der Waals surface area (Å²) in [6.45, 7) is 7.66. The first-order valence-corrected chi connectivity index (χ1v) is 7.69. The molecule has 0 bridgehead atoms. The van der Waals surface area contributed by atoms with Gasteiger partial charge in [0.05, 0.1) is 6.04 Å². The number of nitrogens with one attached hydrogen (secondary N) is 2. The van der Waals surface area contributed by atoms with E-state index in [4.69, 9.17) is 0 Å². The zero-order chi connectivity index (χ0) is 14.9. The van der Waals surface area contributed by atoms with Crippen LogP contribution in [0.3, 0.4) is 0 Å². The highest BCUT2D eigenvalue weighted by Crippen LogP contribution is 2.24. The molecule has 2 N–H and O–H groups in total. The van der Waals surface area contributed by atoms with Crippen molar-refractivity contribution in [2.24, 2.45) is 4.99 Å². The molecule has 0 radical (unpaired) electrons. The molecule has 2 rings (SSSR count). The highest BCUT2D eigenvalue weighted by atomic mass is 15.2. The van der Waals surface area contributed by atoms with Crippen molar-refractivity contribution in [2.45, 2.75) is 18.9 Å². The molecule has 0 spiro atoms. The lowest BCUT2D eigenvalue weighted by Gasteiger charge is -2.28. The second kappa shape index (κ2) is 8.47. The molecular formula is C17H26N4. The Balaban J connectivity index is 2.00. The van der Waals surface area contributed by atoms with E-state index in [9.17, 15) is 0 Å². The molecule has 4 heteroatoms. The summed E-state index contributed by atoms with van der Waals surface area (Å²) in [5, 5.41) is 6.65. The normalized spacial score (nSPS) is 17.5. The Kier molecular flexibility index (Phi) is 6.28. The van der Waals surface area contributed by atoms with Crippen LogP contribution in [0.1, 0.15) is 24.4 Å². The molecule has 1 aliphatic heterocycles. The molecule has 1 aromatic rings. The topological polar surface area (TPSA) is 39.7 Å². The zero-order valence-electron chi connectivity index (χ0n) is 12.9. The van der Waals surface area contributed by atoms with Crippen LogP contribution in [0.2, 0.25) is 0 Å². The molecule has 1 fully saturated rings. The van der Waals surface area contributed by atoms with Crippen molar-refractivity contribution in [3.63, 3.8) is 0 Å². The Morgan fingerprint density at radius 2 is 2.00 bits per heavy atom. The van der Waals surface area contributed by atoms with Gasteiger partial charge >= 0.3 is 0 Å². The maximum Gasteiger partial charge on any atom is 0.191 e. The van der Waals surface area contributed by atoms with Gasteiger partial charge in [-0.2, -0.15) is 0 Å². The van der Waals surface area contributed by atoms with Crippen LogP contribution in [0.4, 0.5) is 0 Å². The van der Waals surface area contributed by atoms with Crippen LogP contribution in [0.5, 0.6) is 0 Å². The van der Waals surface area contributed by atoms with Gasteiger partial charge in [-0.05, 0) is 31.5 Å². The summed E-state index contributed by atoms with van der Waals surface area (Å²) >= 11 is 0. The number of benzene rings is 1. The minimum absolute atomic E-state index is 0.399. The van der Waals surface area contributed by atoms with Crippen LogP contribution in [-0.4, -0.2) is 44.1 Å². The molecular weight excluding hydrogens is 260 g/mol. The van der Waals surface area contributed by atoms with Crippen LogP contribution in [-0.2, 0) is 0 Å². The first kappa shape index (κ1) is 15.6. The van der Waals surface area contributed by atoms with E-state index < -0.39 is 0 Å². The van der Waals surface area contributed by atoms with E-state index in [-0.39, 0.29) is 0 Å². The number of hydrogen-bond acceptors (Lipinski definition) is 2. The van der Waals surface area contributed by atoms with E-state index in [1.807, 2.05) is 6.08 Å². The third-order valence-electron chi connectivity index (χ3n) is 3.87. The molecule has 1 heterocycles. The van der Waals surface area contributed by atoms with Gasteiger partial charge in [-0.3, -0.25) is 9.89 Å². The molecule has 4 nitrogen and oxygen atoms in total. The van der Waals surface area contributed by atoms with E-state index in [1.54, 1.807) is 7.05 Å². The molecule has 1 saturated heterocycles. The van der Waals surface area contributed by atoms with Crippen molar-refractivity contribution in [2.75, 3.05) is 33.2 Å². The molecule has 1 atom stereocenters. The third-order valence-corrected chi connectivity index (χ3v) is 3.87. The van der Waals surface area contributed by atoms with Crippen molar-refractivity contribution in [1.82, 2.24) is 15.5 Å². The summed E-state index contributed by atoms with van der Waals surface area (Å²) in [4.78, 5) is 6.80.